The Hall–Kier alpha value is -0.960. The molecule has 0 radical (unpaired) electrons. The Balaban J connectivity index is 1.88. The summed E-state index contributed by atoms with van der Waals surface area (Å²) in [5.41, 5.74) is 0.652. The fraction of sp³-hybridized carbons (Fsp3) is 0.643. The normalized spacial score (nSPS) is 23.9. The monoisotopic (exact) mass is 269 g/mol. The summed E-state index contributed by atoms with van der Waals surface area (Å²) in [5, 5.41) is 3.18. The molecule has 0 spiro atoms. The quantitative estimate of drug-likeness (QED) is 0.852. The van der Waals surface area contributed by atoms with Crippen LogP contribution in [0.5, 0.6) is 0 Å². The first-order valence-electron chi connectivity index (χ1n) is 6.71. The van der Waals surface area contributed by atoms with Gasteiger partial charge in [-0.25, -0.2) is 0 Å². The van der Waals surface area contributed by atoms with Gasteiger partial charge in [0, 0.05) is 18.3 Å². The number of nitrogens with one attached hydrogen (secondary N) is 1. The Morgan fingerprint density at radius 1 is 1.50 bits per heavy atom. The standard InChI is InChI=1S/C14H20ClNO2/c1-2-13-11(7-8-18-13)14(17)16-9-10-5-3-4-6-12(10)15/h7-8,10,12H,2-6,9H2,1H3,(H,16,17). The fourth-order valence-electron chi connectivity index (χ4n) is 2.53. The summed E-state index contributed by atoms with van der Waals surface area (Å²) in [6.45, 7) is 2.65. The number of amides is 1. The van der Waals surface area contributed by atoms with Gasteiger partial charge >= 0.3 is 0 Å². The molecule has 1 aliphatic rings. The molecule has 1 fully saturated rings. The van der Waals surface area contributed by atoms with E-state index >= 15 is 0 Å². The van der Waals surface area contributed by atoms with Crippen LogP contribution in [-0.4, -0.2) is 17.8 Å². The van der Waals surface area contributed by atoms with Gasteiger partial charge in [-0.3, -0.25) is 4.79 Å². The first-order valence-corrected chi connectivity index (χ1v) is 7.14. The lowest BCUT2D eigenvalue weighted by Gasteiger charge is -2.27. The molecular weight excluding hydrogens is 250 g/mol. The summed E-state index contributed by atoms with van der Waals surface area (Å²) in [5.74, 6) is 1.11. The molecule has 1 saturated carbocycles. The topological polar surface area (TPSA) is 42.2 Å². The number of alkyl halides is 1. The molecule has 100 valence electrons. The number of hydrogen-bond donors (Lipinski definition) is 1. The predicted octanol–water partition coefficient (Wildman–Crippen LogP) is 3.37. The number of aryl methyl sites for hydroxylation is 1. The van der Waals surface area contributed by atoms with Gasteiger partial charge in [0.1, 0.15) is 5.76 Å². The van der Waals surface area contributed by atoms with Gasteiger partial charge in [-0.15, -0.1) is 11.6 Å². The van der Waals surface area contributed by atoms with Crippen molar-refractivity contribution in [2.45, 2.75) is 44.4 Å². The van der Waals surface area contributed by atoms with Crippen molar-refractivity contribution in [2.24, 2.45) is 5.92 Å². The Labute approximate surface area is 113 Å². The zero-order chi connectivity index (χ0) is 13.0. The highest BCUT2D eigenvalue weighted by Crippen LogP contribution is 2.28. The number of carbonyl (C=O) groups excluding carboxylic acids is 1. The number of rotatable bonds is 4. The lowest BCUT2D eigenvalue weighted by atomic mass is 9.88. The Morgan fingerprint density at radius 2 is 2.28 bits per heavy atom. The highest BCUT2D eigenvalue weighted by atomic mass is 35.5. The molecule has 1 aromatic heterocycles. The van der Waals surface area contributed by atoms with Gasteiger partial charge < -0.3 is 9.73 Å². The van der Waals surface area contributed by atoms with Gasteiger partial charge in [-0.05, 0) is 24.8 Å². The third kappa shape index (κ3) is 3.08. The van der Waals surface area contributed by atoms with Crippen molar-refractivity contribution in [2.75, 3.05) is 6.54 Å². The molecule has 4 heteroatoms. The van der Waals surface area contributed by atoms with Crippen LogP contribution in [0.3, 0.4) is 0 Å². The van der Waals surface area contributed by atoms with E-state index in [1.54, 1.807) is 12.3 Å². The molecule has 1 N–H and O–H groups in total. The van der Waals surface area contributed by atoms with Crippen LogP contribution in [0.4, 0.5) is 0 Å². The summed E-state index contributed by atoms with van der Waals surface area (Å²) in [7, 11) is 0. The summed E-state index contributed by atoms with van der Waals surface area (Å²) in [6, 6.07) is 1.73. The fourth-order valence-corrected chi connectivity index (χ4v) is 2.90. The molecule has 1 aliphatic carbocycles. The predicted molar refractivity (Wildman–Crippen MR) is 72.0 cm³/mol. The molecule has 0 saturated heterocycles. The van der Waals surface area contributed by atoms with Crippen molar-refractivity contribution in [3.8, 4) is 0 Å². The van der Waals surface area contributed by atoms with E-state index in [2.05, 4.69) is 5.32 Å². The van der Waals surface area contributed by atoms with Gasteiger partial charge in [0.25, 0.3) is 5.91 Å². The van der Waals surface area contributed by atoms with Crippen molar-refractivity contribution in [1.82, 2.24) is 5.32 Å². The molecule has 1 heterocycles. The number of carbonyl (C=O) groups is 1. The van der Waals surface area contributed by atoms with Crippen LogP contribution in [0, 0.1) is 5.92 Å². The van der Waals surface area contributed by atoms with Gasteiger partial charge in [0.2, 0.25) is 0 Å². The van der Waals surface area contributed by atoms with E-state index < -0.39 is 0 Å². The number of halogens is 1. The van der Waals surface area contributed by atoms with Gasteiger partial charge in [0.15, 0.2) is 0 Å². The smallest absolute Gasteiger partial charge is 0.254 e. The maximum Gasteiger partial charge on any atom is 0.254 e. The van der Waals surface area contributed by atoms with E-state index in [9.17, 15) is 4.79 Å². The van der Waals surface area contributed by atoms with Crippen LogP contribution in [0.15, 0.2) is 16.7 Å². The average molecular weight is 270 g/mol. The third-order valence-electron chi connectivity index (χ3n) is 3.65. The minimum atomic E-state index is -0.0463. The minimum absolute atomic E-state index is 0.0463. The first-order chi connectivity index (χ1) is 8.72. The summed E-state index contributed by atoms with van der Waals surface area (Å²) in [4.78, 5) is 12.0. The SMILES string of the molecule is CCc1occc1C(=O)NCC1CCCCC1Cl. The minimum Gasteiger partial charge on any atom is -0.469 e. The molecule has 2 atom stereocenters. The van der Waals surface area contributed by atoms with Gasteiger partial charge in [-0.2, -0.15) is 0 Å². The van der Waals surface area contributed by atoms with E-state index in [0.29, 0.717) is 18.0 Å². The van der Waals surface area contributed by atoms with Crippen molar-refractivity contribution < 1.29 is 9.21 Å². The van der Waals surface area contributed by atoms with E-state index in [-0.39, 0.29) is 11.3 Å². The van der Waals surface area contributed by atoms with Crippen molar-refractivity contribution >= 4 is 17.5 Å². The molecule has 0 bridgehead atoms. The summed E-state index contributed by atoms with van der Waals surface area (Å²) >= 11 is 6.28. The lowest BCUT2D eigenvalue weighted by molar-refractivity contribution is 0.0942. The summed E-state index contributed by atoms with van der Waals surface area (Å²) < 4.78 is 5.26. The second-order valence-corrected chi connectivity index (χ2v) is 5.44. The second kappa shape index (κ2) is 6.28. The van der Waals surface area contributed by atoms with Crippen molar-refractivity contribution in [3.63, 3.8) is 0 Å². The van der Waals surface area contributed by atoms with E-state index in [1.807, 2.05) is 6.92 Å². The zero-order valence-corrected chi connectivity index (χ0v) is 11.5. The molecule has 0 aromatic carbocycles. The Morgan fingerprint density at radius 3 is 3.00 bits per heavy atom. The Kier molecular flexibility index (Phi) is 4.70. The maximum atomic E-state index is 12.0. The number of furan rings is 1. The van der Waals surface area contributed by atoms with Gasteiger partial charge in [-0.1, -0.05) is 19.8 Å². The molecule has 1 aromatic rings. The van der Waals surface area contributed by atoms with Crippen molar-refractivity contribution in [3.05, 3.63) is 23.7 Å². The molecule has 18 heavy (non-hydrogen) atoms. The lowest BCUT2D eigenvalue weighted by Crippen LogP contribution is -2.34. The average Bonchev–Trinajstić information content (AvgIpc) is 2.86. The third-order valence-corrected chi connectivity index (χ3v) is 4.23. The van der Waals surface area contributed by atoms with E-state index in [1.165, 1.54) is 12.8 Å². The zero-order valence-electron chi connectivity index (χ0n) is 10.7. The molecule has 1 amide bonds. The molecule has 2 rings (SSSR count). The molecule has 0 aliphatic heterocycles. The van der Waals surface area contributed by atoms with E-state index in [0.717, 1.165) is 25.0 Å². The molecular formula is C14H20ClNO2. The summed E-state index contributed by atoms with van der Waals surface area (Å²) in [6.07, 6.45) is 6.90. The highest BCUT2D eigenvalue weighted by molar-refractivity contribution is 6.20. The van der Waals surface area contributed by atoms with Gasteiger partial charge in [0.05, 0.1) is 11.8 Å². The Bertz CT molecular complexity index is 402. The van der Waals surface area contributed by atoms with E-state index in [4.69, 9.17) is 16.0 Å². The van der Waals surface area contributed by atoms with Crippen LogP contribution in [0.2, 0.25) is 0 Å². The molecule has 2 unspecified atom stereocenters. The van der Waals surface area contributed by atoms with Crippen LogP contribution in [-0.2, 0) is 6.42 Å². The van der Waals surface area contributed by atoms with Crippen LogP contribution in [0.25, 0.3) is 0 Å². The highest BCUT2D eigenvalue weighted by Gasteiger charge is 2.24. The van der Waals surface area contributed by atoms with Crippen LogP contribution in [0.1, 0.15) is 48.7 Å². The largest absolute Gasteiger partial charge is 0.469 e. The second-order valence-electron chi connectivity index (χ2n) is 4.88. The first kappa shape index (κ1) is 13.5. The number of hydrogen-bond acceptors (Lipinski definition) is 2. The van der Waals surface area contributed by atoms with Crippen LogP contribution < -0.4 is 5.32 Å². The molecule has 3 nitrogen and oxygen atoms in total. The maximum absolute atomic E-state index is 12.0. The van der Waals surface area contributed by atoms with Crippen LogP contribution >= 0.6 is 11.6 Å². The van der Waals surface area contributed by atoms with Crippen molar-refractivity contribution in [1.29, 1.82) is 0 Å².